The number of nitrogens with zero attached hydrogens (tertiary/aromatic N) is 4. The molecule has 4 rings (SSSR count). The van der Waals surface area contributed by atoms with Gasteiger partial charge in [-0.1, -0.05) is 36.4 Å². The summed E-state index contributed by atoms with van der Waals surface area (Å²) >= 11 is 0. The Morgan fingerprint density at radius 2 is 1.77 bits per heavy atom. The molecular formula is C27H31N5O3. The second-order valence-corrected chi connectivity index (χ2v) is 8.94. The Labute approximate surface area is 205 Å². The van der Waals surface area contributed by atoms with Gasteiger partial charge in [-0.25, -0.2) is 4.99 Å². The predicted octanol–water partition coefficient (Wildman–Crippen LogP) is 4.37. The van der Waals surface area contributed by atoms with E-state index >= 15 is 0 Å². The summed E-state index contributed by atoms with van der Waals surface area (Å²) < 4.78 is 0. The van der Waals surface area contributed by atoms with Crippen LogP contribution < -0.4 is 5.73 Å². The van der Waals surface area contributed by atoms with Crippen LogP contribution >= 0.6 is 0 Å². The summed E-state index contributed by atoms with van der Waals surface area (Å²) in [6, 6.07) is 13.5. The van der Waals surface area contributed by atoms with Crippen molar-refractivity contribution >= 4 is 29.4 Å². The van der Waals surface area contributed by atoms with E-state index in [2.05, 4.69) is 10.2 Å². The van der Waals surface area contributed by atoms with Crippen molar-refractivity contribution in [2.24, 2.45) is 15.9 Å². The van der Waals surface area contributed by atoms with E-state index in [0.29, 0.717) is 29.2 Å². The third-order valence-electron chi connectivity index (χ3n) is 6.37. The Morgan fingerprint density at radius 3 is 2.46 bits per heavy atom. The molecule has 2 heterocycles. The summed E-state index contributed by atoms with van der Waals surface area (Å²) in [5.41, 5.74) is 10.8. The lowest BCUT2D eigenvalue weighted by Crippen LogP contribution is -2.35. The largest absolute Gasteiger partial charge is 0.387 e. The van der Waals surface area contributed by atoms with Gasteiger partial charge in [0.05, 0.1) is 12.2 Å². The molecule has 0 aliphatic carbocycles. The van der Waals surface area contributed by atoms with Gasteiger partial charge in [0.25, 0.3) is 5.91 Å². The van der Waals surface area contributed by atoms with Gasteiger partial charge < -0.3 is 15.5 Å². The summed E-state index contributed by atoms with van der Waals surface area (Å²) in [6.07, 6.45) is 4.99. The van der Waals surface area contributed by atoms with E-state index in [-0.39, 0.29) is 31.3 Å². The van der Waals surface area contributed by atoms with Gasteiger partial charge in [0, 0.05) is 49.3 Å². The van der Waals surface area contributed by atoms with Gasteiger partial charge in [0.2, 0.25) is 5.91 Å². The number of hydrogen-bond acceptors (Lipinski definition) is 6. The fraction of sp³-hybridized carbons (Fsp3) is 0.370. The highest BCUT2D eigenvalue weighted by Gasteiger charge is 2.22. The molecule has 2 amide bonds. The molecule has 8 nitrogen and oxygen atoms in total. The fourth-order valence-corrected chi connectivity index (χ4v) is 4.57. The topological polar surface area (TPSA) is 108 Å². The summed E-state index contributed by atoms with van der Waals surface area (Å²) in [7, 11) is 0. The van der Waals surface area contributed by atoms with Crippen LogP contribution in [-0.2, 0) is 4.79 Å². The molecule has 2 N–H and O–H groups in total. The van der Waals surface area contributed by atoms with Crippen LogP contribution in [0.15, 0.2) is 58.2 Å². The molecule has 2 aromatic rings. The number of fused-ring (bicyclic) bond motifs is 1. The molecule has 0 atom stereocenters. The zero-order chi connectivity index (χ0) is 24.8. The van der Waals surface area contributed by atoms with Gasteiger partial charge in [0.1, 0.15) is 5.84 Å². The van der Waals surface area contributed by atoms with Crippen molar-refractivity contribution < 1.29 is 9.59 Å². The molecule has 1 saturated heterocycles. The van der Waals surface area contributed by atoms with Crippen molar-refractivity contribution in [1.29, 1.82) is 0 Å². The van der Waals surface area contributed by atoms with E-state index in [1.807, 2.05) is 60.4 Å². The van der Waals surface area contributed by atoms with E-state index in [4.69, 9.17) is 5.73 Å². The van der Waals surface area contributed by atoms with Crippen LogP contribution in [0.3, 0.4) is 0 Å². The Balaban J connectivity index is 1.58. The highest BCUT2D eigenvalue weighted by Crippen LogP contribution is 2.32. The van der Waals surface area contributed by atoms with Gasteiger partial charge in [-0.15, -0.1) is 0 Å². The second kappa shape index (κ2) is 11.1. The Bertz CT molecular complexity index is 1160. The van der Waals surface area contributed by atoms with Crippen LogP contribution in [0.5, 0.6) is 0 Å². The van der Waals surface area contributed by atoms with Crippen molar-refractivity contribution in [1.82, 2.24) is 9.80 Å². The molecule has 0 bridgehead atoms. The number of aliphatic imine (C=N–C) groups is 1. The van der Waals surface area contributed by atoms with Crippen molar-refractivity contribution in [2.45, 2.75) is 32.6 Å². The van der Waals surface area contributed by atoms with Crippen LogP contribution in [0.2, 0.25) is 0 Å². The number of amidine groups is 1. The molecular weight excluding hydrogens is 442 g/mol. The third-order valence-corrected chi connectivity index (χ3v) is 6.37. The number of rotatable bonds is 8. The van der Waals surface area contributed by atoms with Crippen LogP contribution in [0.25, 0.3) is 17.2 Å². The molecule has 0 radical (unpaired) electrons. The highest BCUT2D eigenvalue weighted by molar-refractivity contribution is 6.05. The Hall–Kier alpha value is -3.81. The summed E-state index contributed by atoms with van der Waals surface area (Å²) in [5, 5.41) is 2.90. The Morgan fingerprint density at radius 1 is 1.06 bits per heavy atom. The number of nitroso groups, excluding NO2 is 1. The first kappa shape index (κ1) is 24.3. The van der Waals surface area contributed by atoms with Gasteiger partial charge in [0.15, 0.2) is 0 Å². The first-order valence-electron chi connectivity index (χ1n) is 12.2. The molecule has 2 aliphatic heterocycles. The quantitative estimate of drug-likeness (QED) is 0.574. The summed E-state index contributed by atoms with van der Waals surface area (Å²) in [6.45, 7) is 4.53. The zero-order valence-electron chi connectivity index (χ0n) is 20.1. The van der Waals surface area contributed by atoms with Gasteiger partial charge >= 0.3 is 0 Å². The lowest BCUT2D eigenvalue weighted by molar-refractivity contribution is -0.127. The standard InChI is InChI=1S/C27H31N5O3/c1-2-12-31(15-11-29-35)27(34)23-16-22-10-9-21(17-24(22)30-25(28)18-23)19-5-7-20(8-6-19)26(33)32-13-3-4-14-32/h5-10,16-17H,2-4,11-15,18H2,1H3,(H2,28,30). The normalized spacial score (nSPS) is 15.1. The van der Waals surface area contributed by atoms with Gasteiger partial charge in [-0.3, -0.25) is 9.59 Å². The smallest absolute Gasteiger partial charge is 0.253 e. The van der Waals surface area contributed by atoms with E-state index in [1.165, 1.54) is 0 Å². The molecule has 8 heteroatoms. The molecule has 182 valence electrons. The highest BCUT2D eigenvalue weighted by atomic mass is 16.3. The maximum absolute atomic E-state index is 13.1. The summed E-state index contributed by atoms with van der Waals surface area (Å²) in [4.78, 5) is 44.5. The minimum Gasteiger partial charge on any atom is -0.387 e. The molecule has 0 aromatic heterocycles. The number of amides is 2. The molecule has 2 aliphatic rings. The number of nitrogens with two attached hydrogens (primary N) is 1. The number of hydrogen-bond donors (Lipinski definition) is 1. The van der Waals surface area contributed by atoms with Crippen molar-refractivity contribution in [2.75, 3.05) is 32.7 Å². The predicted molar refractivity (Wildman–Crippen MR) is 138 cm³/mol. The number of likely N-dealkylation sites (tertiary alicyclic amines) is 1. The molecule has 2 aromatic carbocycles. The molecule has 0 spiro atoms. The van der Waals surface area contributed by atoms with E-state index < -0.39 is 0 Å². The SMILES string of the molecule is CCCN(CCN=O)C(=O)C1=Cc2ccc(-c3ccc(C(=O)N4CCCC4)cc3)cc2N=C(N)C1. The first-order valence-corrected chi connectivity index (χ1v) is 12.2. The lowest BCUT2D eigenvalue weighted by Gasteiger charge is -2.22. The van der Waals surface area contributed by atoms with Gasteiger partial charge in [-0.05, 0) is 54.7 Å². The van der Waals surface area contributed by atoms with E-state index in [9.17, 15) is 14.5 Å². The molecule has 35 heavy (non-hydrogen) atoms. The van der Waals surface area contributed by atoms with Crippen molar-refractivity contribution in [3.63, 3.8) is 0 Å². The van der Waals surface area contributed by atoms with E-state index in [0.717, 1.165) is 49.0 Å². The van der Waals surface area contributed by atoms with Crippen LogP contribution in [0, 0.1) is 4.91 Å². The average molecular weight is 474 g/mol. The van der Waals surface area contributed by atoms with Crippen LogP contribution in [0.1, 0.15) is 48.5 Å². The maximum Gasteiger partial charge on any atom is 0.253 e. The number of benzene rings is 2. The van der Waals surface area contributed by atoms with Crippen LogP contribution in [-0.4, -0.2) is 60.2 Å². The van der Waals surface area contributed by atoms with Gasteiger partial charge in [-0.2, -0.15) is 4.91 Å². The number of carbonyl (C=O) groups is 2. The zero-order valence-corrected chi connectivity index (χ0v) is 20.1. The monoisotopic (exact) mass is 473 g/mol. The fourth-order valence-electron chi connectivity index (χ4n) is 4.57. The molecule has 0 unspecified atom stereocenters. The number of carbonyl (C=O) groups excluding carboxylic acids is 2. The third kappa shape index (κ3) is 5.65. The first-order chi connectivity index (χ1) is 17.0. The lowest BCUT2D eigenvalue weighted by atomic mass is 9.99. The molecule has 0 saturated carbocycles. The van der Waals surface area contributed by atoms with Crippen molar-refractivity contribution in [3.8, 4) is 11.1 Å². The average Bonchev–Trinajstić information content (AvgIpc) is 3.35. The second-order valence-electron chi connectivity index (χ2n) is 8.94. The Kier molecular flexibility index (Phi) is 7.70. The molecule has 1 fully saturated rings. The minimum absolute atomic E-state index is 0.0605. The van der Waals surface area contributed by atoms with E-state index in [1.54, 1.807) is 4.90 Å². The maximum atomic E-state index is 13.1. The summed E-state index contributed by atoms with van der Waals surface area (Å²) in [5.74, 6) is 0.289. The van der Waals surface area contributed by atoms with Crippen molar-refractivity contribution in [3.05, 3.63) is 64.1 Å². The minimum atomic E-state index is -0.149. The van der Waals surface area contributed by atoms with Crippen LogP contribution in [0.4, 0.5) is 5.69 Å².